The summed E-state index contributed by atoms with van der Waals surface area (Å²) in [6.45, 7) is 2.85. The molecule has 2 heterocycles. The third kappa shape index (κ3) is 50.3. The summed E-state index contributed by atoms with van der Waals surface area (Å²) in [5.41, 5.74) is 0. The SMILES string of the molecule is CCCCCCCCCCCCCCCCCCCC/C=C/CC/C=C/CC/C=C/C(O)C(COC1OC(CO)C(OC2OC(CO)C(O)C(O)C2O)C(O)C1O)NC(=O)CCCCCCCCCCCCCCCCCCCCCCCCCCCCCCCCCCCCC. The van der Waals surface area contributed by atoms with Crippen molar-refractivity contribution in [3.8, 4) is 0 Å². The van der Waals surface area contributed by atoms with Gasteiger partial charge in [0.05, 0.1) is 32.0 Å². The minimum Gasteiger partial charge on any atom is -0.394 e. The van der Waals surface area contributed by atoms with Crippen LogP contribution < -0.4 is 5.32 Å². The Balaban J connectivity index is 1.61. The van der Waals surface area contributed by atoms with Crippen molar-refractivity contribution in [3.05, 3.63) is 36.5 Å². The highest BCUT2D eigenvalue weighted by atomic mass is 16.7. The van der Waals surface area contributed by atoms with Crippen molar-refractivity contribution >= 4 is 5.91 Å². The Morgan fingerprint density at radius 1 is 0.361 bits per heavy atom. The van der Waals surface area contributed by atoms with Crippen molar-refractivity contribution in [2.45, 2.75) is 466 Å². The number of carbonyl (C=O) groups excluding carboxylic acids is 1. The molecule has 9 N–H and O–H groups in total. The lowest BCUT2D eigenvalue weighted by molar-refractivity contribution is -0.359. The molecule has 0 saturated carbocycles. The number of rotatable bonds is 71. The molecule has 12 atom stereocenters. The van der Waals surface area contributed by atoms with Gasteiger partial charge in [-0.25, -0.2) is 0 Å². The van der Waals surface area contributed by atoms with Gasteiger partial charge < -0.3 is 65.1 Å². The van der Waals surface area contributed by atoms with Crippen LogP contribution in [0.15, 0.2) is 36.5 Å². The van der Waals surface area contributed by atoms with E-state index in [-0.39, 0.29) is 18.9 Å². The Morgan fingerprint density at radius 3 is 1.01 bits per heavy atom. The van der Waals surface area contributed by atoms with Gasteiger partial charge in [-0.2, -0.15) is 0 Å². The van der Waals surface area contributed by atoms with E-state index < -0.39 is 86.8 Å². The highest BCUT2D eigenvalue weighted by Crippen LogP contribution is 2.30. The summed E-state index contributed by atoms with van der Waals surface area (Å²) >= 11 is 0. The summed E-state index contributed by atoms with van der Waals surface area (Å²) in [4.78, 5) is 13.4. The molecule has 14 heteroatoms. The Bertz CT molecular complexity index is 1770. The molecule has 0 spiro atoms. The fourth-order valence-electron chi connectivity index (χ4n) is 14.0. The van der Waals surface area contributed by atoms with Crippen LogP contribution in [0.5, 0.6) is 0 Å². The Morgan fingerprint density at radius 2 is 0.660 bits per heavy atom. The Hall–Kier alpha value is -1.79. The first-order chi connectivity index (χ1) is 47.6. The minimum atomic E-state index is -1.79. The molecule has 97 heavy (non-hydrogen) atoms. The van der Waals surface area contributed by atoms with Gasteiger partial charge in [-0.05, 0) is 44.9 Å². The number of carbonyl (C=O) groups is 1. The van der Waals surface area contributed by atoms with Crippen LogP contribution in [0.3, 0.4) is 0 Å². The van der Waals surface area contributed by atoms with Gasteiger partial charge in [0, 0.05) is 6.42 Å². The van der Waals surface area contributed by atoms with Gasteiger partial charge in [0.2, 0.25) is 5.91 Å². The van der Waals surface area contributed by atoms with Crippen molar-refractivity contribution in [1.82, 2.24) is 5.32 Å². The highest BCUT2D eigenvalue weighted by Gasteiger charge is 2.51. The summed E-state index contributed by atoms with van der Waals surface area (Å²) in [7, 11) is 0. The van der Waals surface area contributed by atoms with Gasteiger partial charge in [0.15, 0.2) is 12.6 Å². The van der Waals surface area contributed by atoms with Crippen molar-refractivity contribution < 1.29 is 64.6 Å². The lowest BCUT2D eigenvalue weighted by Gasteiger charge is -2.46. The molecule has 2 rings (SSSR count). The molecule has 0 radical (unpaired) electrons. The van der Waals surface area contributed by atoms with E-state index >= 15 is 0 Å². The first-order valence-electron chi connectivity index (χ1n) is 41.7. The molecule has 2 saturated heterocycles. The van der Waals surface area contributed by atoms with Crippen molar-refractivity contribution in [2.75, 3.05) is 19.8 Å². The first kappa shape index (κ1) is 91.3. The molecule has 0 aromatic heterocycles. The Labute approximate surface area is 595 Å². The molecule has 572 valence electrons. The van der Waals surface area contributed by atoms with E-state index in [2.05, 4.69) is 43.5 Å². The van der Waals surface area contributed by atoms with Crippen LogP contribution in [0.2, 0.25) is 0 Å². The topological polar surface area (TPSA) is 228 Å². The fourth-order valence-corrected chi connectivity index (χ4v) is 14.0. The predicted octanol–water partition coefficient (Wildman–Crippen LogP) is 19.2. The molecular formula is C83H157NO13. The van der Waals surface area contributed by atoms with E-state index in [4.69, 9.17) is 18.9 Å². The molecule has 0 aliphatic carbocycles. The van der Waals surface area contributed by atoms with Crippen molar-refractivity contribution in [3.63, 3.8) is 0 Å². The summed E-state index contributed by atoms with van der Waals surface area (Å²) in [5.74, 6) is -0.245. The van der Waals surface area contributed by atoms with Gasteiger partial charge in [0.1, 0.15) is 48.8 Å². The first-order valence-corrected chi connectivity index (χ1v) is 41.7. The van der Waals surface area contributed by atoms with E-state index in [9.17, 15) is 45.6 Å². The Kier molecular flexibility index (Phi) is 63.4. The fraction of sp³-hybridized carbons (Fsp3) is 0.916. The number of nitrogens with one attached hydrogen (secondary N) is 1. The van der Waals surface area contributed by atoms with Crippen LogP contribution in [-0.4, -0.2) is 140 Å². The van der Waals surface area contributed by atoms with Crippen molar-refractivity contribution in [1.29, 1.82) is 0 Å². The van der Waals surface area contributed by atoms with E-state index in [0.717, 1.165) is 44.9 Å². The largest absolute Gasteiger partial charge is 0.394 e. The number of allylic oxidation sites excluding steroid dienone is 5. The normalized spacial score (nSPS) is 22.2. The van der Waals surface area contributed by atoms with Crippen LogP contribution in [0.1, 0.15) is 393 Å². The van der Waals surface area contributed by atoms with Gasteiger partial charge in [-0.15, -0.1) is 0 Å². The summed E-state index contributed by atoms with van der Waals surface area (Å²) < 4.78 is 22.9. The van der Waals surface area contributed by atoms with Crippen LogP contribution in [0.4, 0.5) is 0 Å². The van der Waals surface area contributed by atoms with Crippen LogP contribution in [-0.2, 0) is 23.7 Å². The molecule has 1 amide bonds. The average molecular weight is 1380 g/mol. The third-order valence-corrected chi connectivity index (χ3v) is 20.6. The quantitative estimate of drug-likeness (QED) is 0.0204. The number of hydrogen-bond acceptors (Lipinski definition) is 13. The molecular weight excluding hydrogens is 1220 g/mol. The zero-order chi connectivity index (χ0) is 70.1. The van der Waals surface area contributed by atoms with Gasteiger partial charge in [-0.3, -0.25) is 4.79 Å². The lowest BCUT2D eigenvalue weighted by atomic mass is 9.97. The molecule has 0 aromatic carbocycles. The number of ether oxygens (including phenoxy) is 4. The van der Waals surface area contributed by atoms with E-state index in [0.29, 0.717) is 12.8 Å². The van der Waals surface area contributed by atoms with E-state index in [1.807, 2.05) is 6.08 Å². The predicted molar refractivity (Wildman–Crippen MR) is 401 cm³/mol. The molecule has 12 unspecified atom stereocenters. The summed E-state index contributed by atoms with van der Waals surface area (Å²) in [5, 5.41) is 87.7. The highest BCUT2D eigenvalue weighted by molar-refractivity contribution is 5.76. The number of hydrogen-bond donors (Lipinski definition) is 9. The van der Waals surface area contributed by atoms with Crippen LogP contribution in [0, 0.1) is 0 Å². The molecule has 2 aliphatic rings. The average Bonchev–Trinajstić information content (AvgIpc) is 0.793. The number of aliphatic hydroxyl groups is 8. The second-order valence-corrected chi connectivity index (χ2v) is 29.6. The standard InChI is InChI=1S/C83H157NO13/c1-3-5-7-9-11-13-15-17-19-21-23-25-27-29-31-33-34-35-36-37-38-39-41-43-45-47-49-51-53-55-57-59-61-63-65-67-75(88)84-71(70-94-82-80(93)78(91)81(74(69-86)96-82)97-83-79(92)77(90)76(89)73(68-85)95-83)72(87)66-64-62-60-58-56-54-52-50-48-46-44-42-40-32-30-28-26-24-22-20-18-16-14-12-10-8-6-4-2/h48,50,56,58,64,66,71-74,76-83,85-87,89-93H,3-47,49,51-55,57,59-63,65,67-70H2,1-2H3,(H,84,88)/b50-48+,58-56+,66-64+. The van der Waals surface area contributed by atoms with Crippen LogP contribution in [0.25, 0.3) is 0 Å². The molecule has 0 bridgehead atoms. The van der Waals surface area contributed by atoms with E-state index in [1.54, 1.807) is 6.08 Å². The zero-order valence-corrected chi connectivity index (χ0v) is 62.9. The minimum absolute atomic E-state index is 0.245. The van der Waals surface area contributed by atoms with Crippen molar-refractivity contribution in [2.24, 2.45) is 0 Å². The number of amides is 1. The lowest BCUT2D eigenvalue weighted by Crippen LogP contribution is -2.65. The third-order valence-electron chi connectivity index (χ3n) is 20.6. The number of aliphatic hydroxyl groups excluding tert-OH is 8. The maximum absolute atomic E-state index is 13.4. The maximum atomic E-state index is 13.4. The second-order valence-electron chi connectivity index (χ2n) is 29.6. The smallest absolute Gasteiger partial charge is 0.220 e. The van der Waals surface area contributed by atoms with Gasteiger partial charge >= 0.3 is 0 Å². The van der Waals surface area contributed by atoms with Gasteiger partial charge in [-0.1, -0.05) is 378 Å². The van der Waals surface area contributed by atoms with E-state index in [1.165, 1.54) is 315 Å². The molecule has 2 aliphatic heterocycles. The molecule has 0 aromatic rings. The monoisotopic (exact) mass is 1380 g/mol. The molecule has 14 nitrogen and oxygen atoms in total. The summed E-state index contributed by atoms with van der Waals surface area (Å²) in [6.07, 6.45) is 72.5. The second kappa shape index (κ2) is 67.4. The molecule has 2 fully saturated rings. The summed E-state index contributed by atoms with van der Waals surface area (Å²) in [6, 6.07) is -0.938. The van der Waals surface area contributed by atoms with Gasteiger partial charge in [0.25, 0.3) is 0 Å². The zero-order valence-electron chi connectivity index (χ0n) is 62.9. The number of unbranched alkanes of at least 4 members (excludes halogenated alkanes) is 54. The maximum Gasteiger partial charge on any atom is 0.220 e. The van der Waals surface area contributed by atoms with Crippen LogP contribution >= 0.6 is 0 Å².